The molecule has 0 aromatic rings. The molecule has 0 aliphatic heterocycles. The maximum Gasteiger partial charge on any atom is 0.320 e. The minimum absolute atomic E-state index is 0.0585. The highest BCUT2D eigenvalue weighted by Gasteiger charge is 2.28. The number of aliphatic hydroxyl groups is 2. The second-order valence-electron chi connectivity index (χ2n) is 3.17. The Kier molecular flexibility index (Phi) is 5.84. The number of nitriles is 1. The number of hydrogen-bond acceptors (Lipinski definition) is 5. The molecule has 0 aliphatic carbocycles. The van der Waals surface area contributed by atoms with Crippen LogP contribution < -0.4 is 0 Å². The fraction of sp³-hybridized carbons (Fsp3) is 0.778. The van der Waals surface area contributed by atoms with Gasteiger partial charge in [-0.3, -0.25) is 4.79 Å². The van der Waals surface area contributed by atoms with Crippen LogP contribution in [-0.4, -0.2) is 36.0 Å². The summed E-state index contributed by atoms with van der Waals surface area (Å²) in [5.74, 6) is -0.632. The van der Waals surface area contributed by atoms with Gasteiger partial charge in [-0.05, 0) is 6.42 Å². The average molecular weight is 201 g/mol. The van der Waals surface area contributed by atoms with Crippen molar-refractivity contribution in [3.63, 3.8) is 0 Å². The molecule has 0 heterocycles. The summed E-state index contributed by atoms with van der Waals surface area (Å²) in [5.41, 5.74) is -0.787. The van der Waals surface area contributed by atoms with E-state index in [4.69, 9.17) is 20.2 Å². The smallest absolute Gasteiger partial charge is 0.320 e. The van der Waals surface area contributed by atoms with Crippen molar-refractivity contribution in [3.8, 4) is 6.07 Å². The lowest BCUT2D eigenvalue weighted by Gasteiger charge is -2.27. The minimum Gasteiger partial charge on any atom is -0.464 e. The van der Waals surface area contributed by atoms with E-state index < -0.39 is 11.4 Å². The van der Waals surface area contributed by atoms with Gasteiger partial charge >= 0.3 is 5.97 Å². The molecule has 0 unspecified atom stereocenters. The van der Waals surface area contributed by atoms with Gasteiger partial charge in [0.05, 0.1) is 24.7 Å². The zero-order chi connectivity index (χ0) is 11.0. The van der Waals surface area contributed by atoms with E-state index in [1.54, 1.807) is 13.0 Å². The van der Waals surface area contributed by atoms with Crippen LogP contribution in [0, 0.1) is 16.7 Å². The first kappa shape index (κ1) is 12.9. The van der Waals surface area contributed by atoms with Gasteiger partial charge in [0, 0.05) is 0 Å². The molecule has 0 radical (unpaired) electrons. The van der Waals surface area contributed by atoms with Crippen LogP contribution in [0.15, 0.2) is 0 Å². The molecule has 0 saturated heterocycles. The summed E-state index contributed by atoms with van der Waals surface area (Å²) in [4.78, 5) is 10.8. The first-order valence-corrected chi connectivity index (χ1v) is 4.38. The third-order valence-corrected chi connectivity index (χ3v) is 2.18. The van der Waals surface area contributed by atoms with E-state index in [0.29, 0.717) is 6.42 Å². The van der Waals surface area contributed by atoms with Gasteiger partial charge in [-0.2, -0.15) is 5.26 Å². The summed E-state index contributed by atoms with van der Waals surface area (Å²) in [6.07, 6.45) is 0.191. The maximum absolute atomic E-state index is 10.8. The van der Waals surface area contributed by atoms with Gasteiger partial charge in [0.25, 0.3) is 0 Å². The molecule has 5 nitrogen and oxygen atoms in total. The Labute approximate surface area is 82.9 Å². The highest BCUT2D eigenvalue weighted by Crippen LogP contribution is 2.20. The zero-order valence-electron chi connectivity index (χ0n) is 8.19. The highest BCUT2D eigenvalue weighted by molar-refractivity contribution is 5.71. The van der Waals surface area contributed by atoms with Gasteiger partial charge in [0.1, 0.15) is 13.0 Å². The summed E-state index contributed by atoms with van der Waals surface area (Å²) in [6.45, 7) is 1.22. The Morgan fingerprint density at radius 1 is 1.50 bits per heavy atom. The average Bonchev–Trinajstić information content (AvgIpc) is 2.21. The van der Waals surface area contributed by atoms with E-state index in [1.165, 1.54) is 0 Å². The molecule has 0 amide bonds. The van der Waals surface area contributed by atoms with E-state index >= 15 is 0 Å². The number of ether oxygens (including phenoxy) is 1. The van der Waals surface area contributed by atoms with Crippen molar-refractivity contribution >= 4 is 5.97 Å². The predicted octanol–water partition coefficient (Wildman–Crippen LogP) is -0.176. The number of hydrogen-bond donors (Lipinski definition) is 2. The van der Waals surface area contributed by atoms with Gasteiger partial charge in [0.15, 0.2) is 0 Å². The topological polar surface area (TPSA) is 90.5 Å². The van der Waals surface area contributed by atoms with Crippen LogP contribution in [0.5, 0.6) is 0 Å². The minimum atomic E-state index is -0.787. The second kappa shape index (κ2) is 6.35. The van der Waals surface area contributed by atoms with Crippen molar-refractivity contribution in [2.45, 2.75) is 19.8 Å². The van der Waals surface area contributed by atoms with Gasteiger partial charge in [0.2, 0.25) is 0 Å². The number of nitrogens with zero attached hydrogens (tertiary/aromatic N) is 1. The molecule has 0 aliphatic rings. The highest BCUT2D eigenvalue weighted by atomic mass is 16.5. The molecule has 0 atom stereocenters. The predicted molar refractivity (Wildman–Crippen MR) is 48.1 cm³/mol. The molecule has 0 spiro atoms. The van der Waals surface area contributed by atoms with Crippen LogP contribution in [0.25, 0.3) is 0 Å². The molecule has 0 aromatic heterocycles. The summed E-state index contributed by atoms with van der Waals surface area (Å²) < 4.78 is 4.74. The standard InChI is InChI=1S/C9H15NO4/c1-2-9(5-11,6-12)7-14-8(13)3-4-10/h11-12H,2-3,5-7H2,1H3. The molecule has 2 N–H and O–H groups in total. The number of aliphatic hydroxyl groups excluding tert-OH is 2. The van der Waals surface area contributed by atoms with Crippen molar-refractivity contribution in [1.82, 2.24) is 0 Å². The molecule has 14 heavy (non-hydrogen) atoms. The molecule has 5 heteroatoms. The van der Waals surface area contributed by atoms with Crippen molar-refractivity contribution in [1.29, 1.82) is 5.26 Å². The van der Waals surface area contributed by atoms with Crippen molar-refractivity contribution in [3.05, 3.63) is 0 Å². The monoisotopic (exact) mass is 201 g/mol. The fourth-order valence-electron chi connectivity index (χ4n) is 0.816. The Bertz CT molecular complexity index is 209. The summed E-state index contributed by atoms with van der Waals surface area (Å²) in [7, 11) is 0. The normalized spacial score (nSPS) is 10.7. The van der Waals surface area contributed by atoms with Crippen molar-refractivity contribution in [2.24, 2.45) is 5.41 Å². The largest absolute Gasteiger partial charge is 0.464 e. The lowest BCUT2D eigenvalue weighted by Crippen LogP contribution is -2.35. The summed E-state index contributed by atoms with van der Waals surface area (Å²) >= 11 is 0. The van der Waals surface area contributed by atoms with Crippen LogP contribution in [0.1, 0.15) is 19.8 Å². The Morgan fingerprint density at radius 2 is 2.07 bits per heavy atom. The van der Waals surface area contributed by atoms with E-state index in [2.05, 4.69) is 0 Å². The summed E-state index contributed by atoms with van der Waals surface area (Å²) in [5, 5.41) is 26.2. The van der Waals surface area contributed by atoms with Gasteiger partial charge in [-0.25, -0.2) is 0 Å². The first-order chi connectivity index (χ1) is 6.64. The lowest BCUT2D eigenvalue weighted by molar-refractivity contribution is -0.148. The summed E-state index contributed by atoms with van der Waals surface area (Å²) in [6, 6.07) is 1.66. The molecular weight excluding hydrogens is 186 g/mol. The maximum atomic E-state index is 10.8. The van der Waals surface area contributed by atoms with E-state index in [1.807, 2.05) is 0 Å². The third-order valence-electron chi connectivity index (χ3n) is 2.18. The van der Waals surface area contributed by atoms with Crippen LogP contribution in [0.4, 0.5) is 0 Å². The second-order valence-corrected chi connectivity index (χ2v) is 3.17. The number of esters is 1. The number of rotatable bonds is 6. The molecule has 0 fully saturated rings. The molecule has 0 saturated carbocycles. The Morgan fingerprint density at radius 3 is 2.43 bits per heavy atom. The number of carbonyl (C=O) groups is 1. The molecule has 80 valence electrons. The molecule has 0 aromatic carbocycles. The lowest BCUT2D eigenvalue weighted by atomic mass is 9.88. The van der Waals surface area contributed by atoms with Crippen LogP contribution in [-0.2, 0) is 9.53 Å². The quantitative estimate of drug-likeness (QED) is 0.582. The first-order valence-electron chi connectivity index (χ1n) is 4.38. The van der Waals surface area contributed by atoms with Gasteiger partial charge in [-0.15, -0.1) is 0 Å². The Balaban J connectivity index is 4.07. The number of carbonyl (C=O) groups excluding carboxylic acids is 1. The van der Waals surface area contributed by atoms with Crippen LogP contribution in [0.3, 0.4) is 0 Å². The third kappa shape index (κ3) is 3.73. The van der Waals surface area contributed by atoms with E-state index in [0.717, 1.165) is 0 Å². The zero-order valence-corrected chi connectivity index (χ0v) is 8.19. The molecule has 0 bridgehead atoms. The van der Waals surface area contributed by atoms with Crippen molar-refractivity contribution < 1.29 is 19.7 Å². The Hall–Kier alpha value is -1.12. The molecule has 0 rings (SSSR count). The molecular formula is C9H15NO4. The van der Waals surface area contributed by atoms with Crippen LogP contribution in [0.2, 0.25) is 0 Å². The fourth-order valence-corrected chi connectivity index (χ4v) is 0.816. The van der Waals surface area contributed by atoms with E-state index in [-0.39, 0.29) is 26.2 Å². The van der Waals surface area contributed by atoms with Crippen molar-refractivity contribution in [2.75, 3.05) is 19.8 Å². The van der Waals surface area contributed by atoms with Gasteiger partial charge in [-0.1, -0.05) is 6.92 Å². The van der Waals surface area contributed by atoms with Crippen LogP contribution >= 0.6 is 0 Å². The van der Waals surface area contributed by atoms with E-state index in [9.17, 15) is 4.79 Å². The SMILES string of the molecule is CCC(CO)(CO)COC(=O)CC#N. The van der Waals surface area contributed by atoms with Gasteiger partial charge < -0.3 is 14.9 Å².